The summed E-state index contributed by atoms with van der Waals surface area (Å²) < 4.78 is 18.2. The molecule has 1 saturated heterocycles. The van der Waals surface area contributed by atoms with Gasteiger partial charge in [0.15, 0.2) is 0 Å². The van der Waals surface area contributed by atoms with Crippen LogP contribution >= 0.6 is 0 Å². The molecule has 4 nitrogen and oxygen atoms in total. The van der Waals surface area contributed by atoms with Gasteiger partial charge in [-0.2, -0.15) is 0 Å². The second kappa shape index (κ2) is 4.71. The van der Waals surface area contributed by atoms with Gasteiger partial charge >= 0.3 is 5.97 Å². The fourth-order valence-corrected chi connectivity index (χ4v) is 1.88. The Kier molecular flexibility index (Phi) is 3.28. The predicted molar refractivity (Wildman–Crippen MR) is 62.1 cm³/mol. The van der Waals surface area contributed by atoms with Crippen LogP contribution in [0.15, 0.2) is 18.2 Å². The van der Waals surface area contributed by atoms with Crippen molar-refractivity contribution in [3.63, 3.8) is 0 Å². The molecule has 0 amide bonds. The van der Waals surface area contributed by atoms with Crippen molar-refractivity contribution in [2.24, 2.45) is 0 Å². The number of halogens is 1. The number of hydrogen-bond donors (Lipinski definition) is 1. The SMILES string of the molecule is CN1CCC(OC(=O)c2ccc(F)c(N)c2)C1. The highest BCUT2D eigenvalue weighted by atomic mass is 19.1. The van der Waals surface area contributed by atoms with Crippen LogP contribution in [0.2, 0.25) is 0 Å². The number of nitrogen functional groups attached to an aromatic ring is 1. The van der Waals surface area contributed by atoms with E-state index in [-0.39, 0.29) is 11.8 Å². The summed E-state index contributed by atoms with van der Waals surface area (Å²) in [5.74, 6) is -0.973. The first kappa shape index (κ1) is 11.9. The minimum atomic E-state index is -0.526. The molecule has 1 heterocycles. The molecular formula is C12H15FN2O2. The highest BCUT2D eigenvalue weighted by Gasteiger charge is 2.23. The van der Waals surface area contributed by atoms with E-state index in [2.05, 4.69) is 4.90 Å². The minimum absolute atomic E-state index is 0.0389. The molecule has 0 spiro atoms. The first-order valence-corrected chi connectivity index (χ1v) is 5.51. The van der Waals surface area contributed by atoms with Crippen LogP contribution in [0.5, 0.6) is 0 Å². The van der Waals surface area contributed by atoms with Gasteiger partial charge in [0, 0.05) is 13.1 Å². The van der Waals surface area contributed by atoms with E-state index in [1.54, 1.807) is 0 Å². The summed E-state index contributed by atoms with van der Waals surface area (Å²) in [7, 11) is 1.98. The van der Waals surface area contributed by atoms with Crippen molar-refractivity contribution in [2.75, 3.05) is 25.9 Å². The van der Waals surface area contributed by atoms with Crippen LogP contribution in [-0.4, -0.2) is 37.1 Å². The molecule has 92 valence electrons. The smallest absolute Gasteiger partial charge is 0.338 e. The van der Waals surface area contributed by atoms with E-state index in [4.69, 9.17) is 10.5 Å². The standard InChI is InChI=1S/C12H15FN2O2/c1-15-5-4-9(7-15)17-12(16)8-2-3-10(13)11(14)6-8/h2-3,6,9H,4-5,7,14H2,1H3. The number of hydrogen-bond acceptors (Lipinski definition) is 4. The summed E-state index contributed by atoms with van der Waals surface area (Å²) in [5, 5.41) is 0. The number of nitrogens with two attached hydrogens (primary N) is 1. The van der Waals surface area contributed by atoms with Gasteiger partial charge in [0.1, 0.15) is 11.9 Å². The number of rotatable bonds is 2. The fourth-order valence-electron chi connectivity index (χ4n) is 1.88. The van der Waals surface area contributed by atoms with Gasteiger partial charge in [-0.05, 0) is 31.7 Å². The number of carbonyl (C=O) groups is 1. The highest BCUT2D eigenvalue weighted by molar-refractivity contribution is 5.90. The van der Waals surface area contributed by atoms with Crippen molar-refractivity contribution < 1.29 is 13.9 Å². The monoisotopic (exact) mass is 238 g/mol. The number of carbonyl (C=O) groups excluding carboxylic acids is 1. The average Bonchev–Trinajstić information content (AvgIpc) is 2.68. The quantitative estimate of drug-likeness (QED) is 0.622. The Balaban J connectivity index is 2.02. The Morgan fingerprint density at radius 3 is 2.94 bits per heavy atom. The molecule has 0 aromatic heterocycles. The molecule has 0 bridgehead atoms. The molecule has 1 atom stereocenters. The van der Waals surface area contributed by atoms with Gasteiger partial charge in [0.25, 0.3) is 0 Å². The van der Waals surface area contributed by atoms with E-state index in [0.717, 1.165) is 19.5 Å². The lowest BCUT2D eigenvalue weighted by Crippen LogP contribution is -2.22. The van der Waals surface area contributed by atoms with E-state index in [1.807, 2.05) is 7.05 Å². The Morgan fingerprint density at radius 2 is 2.35 bits per heavy atom. The van der Waals surface area contributed by atoms with Gasteiger partial charge < -0.3 is 15.4 Å². The molecule has 5 heteroatoms. The van der Waals surface area contributed by atoms with Gasteiger partial charge in [-0.25, -0.2) is 9.18 Å². The zero-order valence-electron chi connectivity index (χ0n) is 9.65. The Bertz CT molecular complexity index is 437. The number of nitrogens with zero attached hydrogens (tertiary/aromatic N) is 1. The van der Waals surface area contributed by atoms with Crippen molar-refractivity contribution in [3.8, 4) is 0 Å². The molecular weight excluding hydrogens is 223 g/mol. The van der Waals surface area contributed by atoms with E-state index in [9.17, 15) is 9.18 Å². The zero-order valence-corrected chi connectivity index (χ0v) is 9.65. The largest absolute Gasteiger partial charge is 0.457 e. The molecule has 1 aliphatic rings. The number of esters is 1. The van der Waals surface area contributed by atoms with Gasteiger partial charge in [0.05, 0.1) is 11.3 Å². The summed E-state index contributed by atoms with van der Waals surface area (Å²) in [5.41, 5.74) is 5.65. The molecule has 1 fully saturated rings. The summed E-state index contributed by atoms with van der Waals surface area (Å²) in [4.78, 5) is 13.8. The molecule has 0 aliphatic carbocycles. The molecule has 2 rings (SSSR count). The molecule has 1 unspecified atom stereocenters. The molecule has 0 saturated carbocycles. The van der Waals surface area contributed by atoms with E-state index in [0.29, 0.717) is 5.56 Å². The van der Waals surface area contributed by atoms with Crippen LogP contribution in [0.4, 0.5) is 10.1 Å². The van der Waals surface area contributed by atoms with Crippen molar-refractivity contribution in [2.45, 2.75) is 12.5 Å². The maximum Gasteiger partial charge on any atom is 0.338 e. The van der Waals surface area contributed by atoms with Crippen molar-refractivity contribution in [1.82, 2.24) is 4.90 Å². The lowest BCUT2D eigenvalue weighted by molar-refractivity contribution is 0.0327. The Morgan fingerprint density at radius 1 is 1.59 bits per heavy atom. The summed E-state index contributed by atoms with van der Waals surface area (Å²) >= 11 is 0. The molecule has 1 aliphatic heterocycles. The van der Waals surface area contributed by atoms with Gasteiger partial charge in [-0.15, -0.1) is 0 Å². The maximum atomic E-state index is 12.9. The summed E-state index contributed by atoms with van der Waals surface area (Å²) in [6.07, 6.45) is 0.748. The highest BCUT2D eigenvalue weighted by Crippen LogP contribution is 2.16. The van der Waals surface area contributed by atoms with Crippen LogP contribution < -0.4 is 5.73 Å². The topological polar surface area (TPSA) is 55.6 Å². The number of ether oxygens (including phenoxy) is 1. The van der Waals surface area contributed by atoms with Crippen LogP contribution in [-0.2, 0) is 4.74 Å². The summed E-state index contributed by atoms with van der Waals surface area (Å²) in [6.45, 7) is 1.66. The van der Waals surface area contributed by atoms with Gasteiger partial charge in [-0.1, -0.05) is 0 Å². The maximum absolute atomic E-state index is 12.9. The third kappa shape index (κ3) is 2.74. The molecule has 17 heavy (non-hydrogen) atoms. The van der Waals surface area contributed by atoms with Gasteiger partial charge in [0.2, 0.25) is 0 Å². The Hall–Kier alpha value is -1.62. The van der Waals surface area contributed by atoms with E-state index < -0.39 is 11.8 Å². The zero-order chi connectivity index (χ0) is 12.4. The minimum Gasteiger partial charge on any atom is -0.457 e. The van der Waals surface area contributed by atoms with Crippen LogP contribution in [0, 0.1) is 5.82 Å². The Labute approximate surface area is 99.2 Å². The van der Waals surface area contributed by atoms with E-state index >= 15 is 0 Å². The average molecular weight is 238 g/mol. The predicted octanol–water partition coefficient (Wildman–Crippen LogP) is 1.27. The second-order valence-corrected chi connectivity index (χ2v) is 4.31. The second-order valence-electron chi connectivity index (χ2n) is 4.31. The number of likely N-dealkylation sites (tertiary alicyclic amines) is 1. The lowest BCUT2D eigenvalue weighted by Gasteiger charge is -2.12. The van der Waals surface area contributed by atoms with Crippen molar-refractivity contribution in [3.05, 3.63) is 29.6 Å². The fraction of sp³-hybridized carbons (Fsp3) is 0.417. The molecule has 2 N–H and O–H groups in total. The van der Waals surface area contributed by atoms with Crippen molar-refractivity contribution >= 4 is 11.7 Å². The lowest BCUT2D eigenvalue weighted by atomic mass is 10.2. The van der Waals surface area contributed by atoms with Crippen LogP contribution in [0.3, 0.4) is 0 Å². The molecule has 1 aromatic rings. The molecule has 1 aromatic carbocycles. The normalized spacial score (nSPS) is 20.5. The van der Waals surface area contributed by atoms with Gasteiger partial charge in [-0.3, -0.25) is 0 Å². The summed E-state index contributed by atoms with van der Waals surface area (Å²) in [6, 6.07) is 3.86. The number of likely N-dealkylation sites (N-methyl/N-ethyl adjacent to an activating group) is 1. The first-order valence-electron chi connectivity index (χ1n) is 5.51. The molecule has 0 radical (unpaired) electrons. The van der Waals surface area contributed by atoms with E-state index in [1.165, 1.54) is 18.2 Å². The number of anilines is 1. The first-order chi connectivity index (χ1) is 8.06. The van der Waals surface area contributed by atoms with Crippen LogP contribution in [0.1, 0.15) is 16.8 Å². The van der Waals surface area contributed by atoms with Crippen LogP contribution in [0.25, 0.3) is 0 Å². The number of benzene rings is 1. The third-order valence-electron chi connectivity index (χ3n) is 2.85. The van der Waals surface area contributed by atoms with Crippen molar-refractivity contribution in [1.29, 1.82) is 0 Å². The third-order valence-corrected chi connectivity index (χ3v) is 2.85.